The Balaban J connectivity index is 1.40. The number of carbonyl (C=O) groups excluding carboxylic acids is 2. The van der Waals surface area contributed by atoms with Crippen molar-refractivity contribution in [1.29, 1.82) is 0 Å². The van der Waals surface area contributed by atoms with E-state index < -0.39 is 40.0 Å². The number of carboxylic acids is 1. The summed E-state index contributed by atoms with van der Waals surface area (Å²) in [5.74, 6) is -1.43. The molecule has 8 nitrogen and oxygen atoms in total. The molecule has 2 aliphatic rings. The number of carbonyl (C=O) groups is 3. The van der Waals surface area contributed by atoms with Crippen molar-refractivity contribution in [1.82, 2.24) is 15.2 Å². The van der Waals surface area contributed by atoms with Crippen LogP contribution in [0.5, 0.6) is 0 Å². The number of thiophene rings is 1. The second kappa shape index (κ2) is 10.1. The van der Waals surface area contributed by atoms with E-state index in [0.717, 1.165) is 15.6 Å². The molecule has 3 unspecified atom stereocenters. The minimum absolute atomic E-state index is 0.000795. The van der Waals surface area contributed by atoms with Gasteiger partial charge in [-0.25, -0.2) is 9.78 Å². The van der Waals surface area contributed by atoms with Gasteiger partial charge in [-0.15, -0.1) is 46.2 Å². The van der Waals surface area contributed by atoms with Crippen LogP contribution in [0.3, 0.4) is 0 Å². The molecule has 2 amide bonds. The molecule has 0 aromatic carbocycles. The Bertz CT molecular complexity index is 1100. The Kier molecular flexibility index (Phi) is 7.40. The van der Waals surface area contributed by atoms with E-state index >= 15 is 0 Å². The molecule has 0 saturated carbocycles. The zero-order valence-corrected chi connectivity index (χ0v) is 20.9. The lowest BCUT2D eigenvalue weighted by atomic mass is 10.0. The van der Waals surface area contributed by atoms with Gasteiger partial charge in [-0.2, -0.15) is 0 Å². The van der Waals surface area contributed by atoms with Gasteiger partial charge in [-0.1, -0.05) is 13.0 Å². The van der Waals surface area contributed by atoms with Crippen molar-refractivity contribution in [2.75, 3.05) is 17.3 Å². The summed E-state index contributed by atoms with van der Waals surface area (Å²) in [6, 6.07) is 2.64. The molecular weight excluding hydrogens is 511 g/mol. The van der Waals surface area contributed by atoms with Crippen molar-refractivity contribution in [2.45, 2.75) is 33.2 Å². The lowest BCUT2D eigenvalue weighted by molar-refractivity contribution is -0.150. The first kappa shape index (κ1) is 23.5. The average molecular weight is 530 g/mol. The smallest absolute Gasteiger partial charge is 0.352 e. The fourth-order valence-corrected chi connectivity index (χ4v) is 8.64. The van der Waals surface area contributed by atoms with E-state index in [-0.39, 0.29) is 11.4 Å². The van der Waals surface area contributed by atoms with E-state index in [2.05, 4.69) is 10.3 Å². The minimum Gasteiger partial charge on any atom is -0.477 e. The van der Waals surface area contributed by atoms with Crippen LogP contribution < -0.4 is 5.32 Å². The summed E-state index contributed by atoms with van der Waals surface area (Å²) in [4.78, 5) is 42.6. The number of rotatable bonds is 9. The highest BCUT2D eigenvalue weighted by Gasteiger charge is 2.54. The molecule has 0 spiro atoms. The minimum atomic E-state index is -1.47. The number of aliphatic carboxylic acids is 1. The van der Waals surface area contributed by atoms with Crippen molar-refractivity contribution in [2.24, 2.45) is 0 Å². The van der Waals surface area contributed by atoms with E-state index in [1.165, 1.54) is 39.8 Å². The monoisotopic (exact) mass is 529 g/mol. The lowest BCUT2D eigenvalue weighted by Gasteiger charge is -2.49. The van der Waals surface area contributed by atoms with Gasteiger partial charge in [0.25, 0.3) is 5.91 Å². The van der Waals surface area contributed by atoms with Crippen LogP contribution in [0.2, 0.25) is 0 Å². The first-order valence-corrected chi connectivity index (χ1v) is 14.6. The molecule has 0 radical (unpaired) electrons. The molecule has 0 bridgehead atoms. The highest BCUT2D eigenvalue weighted by molar-refractivity contribution is 8.02. The van der Waals surface area contributed by atoms with Crippen LogP contribution in [-0.2, 0) is 31.6 Å². The Labute approximate surface area is 203 Å². The van der Waals surface area contributed by atoms with Crippen LogP contribution in [0.4, 0.5) is 0 Å². The number of aromatic nitrogens is 1. The predicted molar refractivity (Wildman–Crippen MR) is 127 cm³/mol. The largest absolute Gasteiger partial charge is 0.477 e. The maximum Gasteiger partial charge on any atom is 0.352 e. The van der Waals surface area contributed by atoms with Gasteiger partial charge in [0, 0.05) is 11.5 Å². The second-order valence-corrected chi connectivity index (χ2v) is 13.0. The summed E-state index contributed by atoms with van der Waals surface area (Å²) < 4.78 is 13.8. The quantitative estimate of drug-likeness (QED) is 0.376. The molecule has 32 heavy (non-hydrogen) atoms. The Morgan fingerprint density at radius 2 is 2.25 bits per heavy atom. The number of hydrogen-bond acceptors (Lipinski definition) is 9. The molecule has 1 fully saturated rings. The topological polar surface area (TPSA) is 117 Å². The van der Waals surface area contributed by atoms with Crippen molar-refractivity contribution in [3.63, 3.8) is 0 Å². The van der Waals surface area contributed by atoms with Crippen molar-refractivity contribution in [3.05, 3.63) is 40.0 Å². The van der Waals surface area contributed by atoms with E-state index in [9.17, 15) is 23.7 Å². The van der Waals surface area contributed by atoms with Gasteiger partial charge in [-0.3, -0.25) is 18.7 Å². The first-order valence-electron chi connectivity index (χ1n) is 9.57. The summed E-state index contributed by atoms with van der Waals surface area (Å²) in [5.41, 5.74) is 0.672. The third-order valence-corrected chi connectivity index (χ3v) is 11.2. The van der Waals surface area contributed by atoms with Gasteiger partial charge < -0.3 is 10.4 Å². The summed E-state index contributed by atoms with van der Waals surface area (Å²) in [6.45, 7) is 2.03. The van der Waals surface area contributed by atoms with Crippen molar-refractivity contribution >= 4 is 74.8 Å². The number of amides is 2. The third-order valence-electron chi connectivity index (χ3n) is 4.77. The number of carboxylic acid groups (broad SMARTS) is 1. The molecule has 3 atom stereocenters. The number of nitrogens with one attached hydrogen (secondary N) is 1. The molecular formula is C19H19N3O5S5. The third kappa shape index (κ3) is 4.81. The van der Waals surface area contributed by atoms with Gasteiger partial charge in [0.1, 0.15) is 22.9 Å². The molecule has 2 aliphatic heterocycles. The van der Waals surface area contributed by atoms with Crippen LogP contribution in [-0.4, -0.2) is 65.7 Å². The van der Waals surface area contributed by atoms with E-state index in [4.69, 9.17) is 0 Å². The Morgan fingerprint density at radius 1 is 1.44 bits per heavy atom. The molecule has 1 saturated heterocycles. The Morgan fingerprint density at radius 3 is 2.91 bits per heavy atom. The number of aryl methyl sites for hydroxylation is 1. The van der Waals surface area contributed by atoms with Gasteiger partial charge >= 0.3 is 5.97 Å². The maximum atomic E-state index is 12.7. The summed E-state index contributed by atoms with van der Waals surface area (Å²) in [6.07, 6.45) is 2.64. The average Bonchev–Trinajstić information content (AvgIpc) is 3.47. The number of hydrogen-bond donors (Lipinski definition) is 2. The molecule has 4 heterocycles. The van der Waals surface area contributed by atoms with Crippen LogP contribution in [0.1, 0.15) is 11.9 Å². The first-order chi connectivity index (χ1) is 15.4. The van der Waals surface area contributed by atoms with Crippen LogP contribution >= 0.6 is 46.2 Å². The van der Waals surface area contributed by atoms with E-state index in [0.29, 0.717) is 21.3 Å². The van der Waals surface area contributed by atoms with E-state index in [1.807, 2.05) is 6.92 Å². The van der Waals surface area contributed by atoms with Crippen molar-refractivity contribution in [3.8, 4) is 0 Å². The van der Waals surface area contributed by atoms with Gasteiger partial charge in [0.2, 0.25) is 5.91 Å². The highest BCUT2D eigenvalue weighted by atomic mass is 32.2. The normalized spacial score (nSPS) is 21.2. The fourth-order valence-electron chi connectivity index (χ4n) is 3.27. The maximum absolute atomic E-state index is 12.7. The Hall–Kier alpha value is -1.67. The molecule has 13 heteroatoms. The number of thiazole rings is 1. The lowest BCUT2D eigenvalue weighted by Crippen LogP contribution is -2.70. The molecule has 0 aliphatic carbocycles. The SMILES string of the molecule is CCc1ncc(SCC2=C(C(=O)O)N3C(=O)C(NC(=O)CS(=O)c4cccs4)C3SC2)s1. The molecule has 2 aromatic heterocycles. The molecule has 2 aromatic rings. The molecule has 4 rings (SSSR count). The van der Waals surface area contributed by atoms with Gasteiger partial charge in [-0.05, 0) is 23.4 Å². The predicted octanol–water partition coefficient (Wildman–Crippen LogP) is 2.41. The van der Waals surface area contributed by atoms with Crippen LogP contribution in [0, 0.1) is 0 Å². The van der Waals surface area contributed by atoms with Gasteiger partial charge in [0.05, 0.1) is 30.4 Å². The molecule has 170 valence electrons. The summed E-state index contributed by atoms with van der Waals surface area (Å²) in [5, 5.41) is 14.7. The summed E-state index contributed by atoms with van der Waals surface area (Å²) in [7, 11) is -1.47. The number of nitrogens with zero attached hydrogens (tertiary/aromatic N) is 2. The fraction of sp³-hybridized carbons (Fsp3) is 0.368. The highest BCUT2D eigenvalue weighted by Crippen LogP contribution is 2.42. The van der Waals surface area contributed by atoms with Crippen LogP contribution in [0.25, 0.3) is 0 Å². The van der Waals surface area contributed by atoms with Crippen molar-refractivity contribution < 1.29 is 23.7 Å². The number of thioether (sulfide) groups is 2. The second-order valence-electron chi connectivity index (χ2n) is 6.85. The standard InChI is InChI=1S/C19H19N3O5S5/c1-2-12-20-6-13(31-12)29-7-10-8-30-18-15(17(24)22(18)16(10)19(25)26)21-11(23)9-32(27)14-4-3-5-28-14/h3-6,15,18H,2,7-9H2,1H3,(H,21,23)(H,25,26). The molecule has 2 N–H and O–H groups in total. The summed E-state index contributed by atoms with van der Waals surface area (Å²) >= 11 is 5.82. The zero-order chi connectivity index (χ0) is 22.8. The number of fused-ring (bicyclic) bond motifs is 1. The van der Waals surface area contributed by atoms with Crippen LogP contribution in [0.15, 0.2) is 43.4 Å². The zero-order valence-electron chi connectivity index (χ0n) is 16.8. The van der Waals surface area contributed by atoms with E-state index in [1.54, 1.807) is 35.0 Å². The van der Waals surface area contributed by atoms with Gasteiger partial charge in [0.15, 0.2) is 0 Å². The number of β-lactam (4-membered cyclic amide) rings is 1.